The lowest BCUT2D eigenvalue weighted by molar-refractivity contribution is -0.187. The minimum absolute atomic E-state index is 0.0364. The minimum Gasteiger partial charge on any atom is -0.429 e. The van der Waals surface area contributed by atoms with Crippen molar-refractivity contribution in [3.63, 3.8) is 0 Å². The van der Waals surface area contributed by atoms with E-state index in [1.807, 2.05) is 6.92 Å². The number of unbranched alkanes of at least 4 members (excludes halogenated alkanes) is 2. The number of alkyl halides is 5. The molecule has 4 rings (SSSR count). The predicted molar refractivity (Wildman–Crippen MR) is 151 cm³/mol. The molecule has 0 radical (unpaired) electrons. The molecule has 3 aromatic carbocycles. The van der Waals surface area contributed by atoms with Crippen molar-refractivity contribution < 1.29 is 53.0 Å². The highest BCUT2D eigenvalue weighted by molar-refractivity contribution is 5.51. The quantitative estimate of drug-likeness (QED) is 0.138. The fraction of sp³-hybridized carbons (Fsp3) is 0.257. The third kappa shape index (κ3) is 8.76. The van der Waals surface area contributed by atoms with Gasteiger partial charge in [0.05, 0.1) is 11.1 Å². The molecule has 1 aliphatic rings. The molecule has 47 heavy (non-hydrogen) atoms. The summed E-state index contributed by atoms with van der Waals surface area (Å²) in [5.41, 5.74) is -5.09. The summed E-state index contributed by atoms with van der Waals surface area (Å²) < 4.78 is 158. The molecule has 0 fully saturated rings. The molecule has 1 atom stereocenters. The summed E-state index contributed by atoms with van der Waals surface area (Å²) in [4.78, 5) is 0. The van der Waals surface area contributed by atoms with E-state index in [1.165, 1.54) is 6.08 Å². The molecule has 0 heterocycles. The highest BCUT2D eigenvalue weighted by Crippen LogP contribution is 2.36. The zero-order valence-corrected chi connectivity index (χ0v) is 24.4. The lowest BCUT2D eigenvalue weighted by Crippen LogP contribution is -2.23. The van der Waals surface area contributed by atoms with Gasteiger partial charge in [0.1, 0.15) is 51.8 Å². The van der Waals surface area contributed by atoms with Crippen molar-refractivity contribution >= 4 is 0 Å². The molecule has 0 spiro atoms. The number of allylic oxidation sites excluding steroid dienone is 4. The Hall–Kier alpha value is -4.71. The van der Waals surface area contributed by atoms with Crippen LogP contribution in [0.25, 0.3) is 0 Å². The zero-order valence-electron chi connectivity index (χ0n) is 24.4. The zero-order chi connectivity index (χ0) is 34.5. The molecular weight excluding hydrogens is 645 g/mol. The molecule has 3 aromatic rings. The van der Waals surface area contributed by atoms with Crippen molar-refractivity contribution in [1.82, 2.24) is 0 Å². The Balaban J connectivity index is 1.47. The van der Waals surface area contributed by atoms with Gasteiger partial charge >= 0.3 is 12.3 Å². The van der Waals surface area contributed by atoms with Gasteiger partial charge < -0.3 is 4.74 Å². The summed E-state index contributed by atoms with van der Waals surface area (Å²) in [7, 11) is 0. The van der Waals surface area contributed by atoms with E-state index in [0.717, 1.165) is 37.5 Å². The van der Waals surface area contributed by atoms with Crippen LogP contribution in [0.1, 0.15) is 66.8 Å². The van der Waals surface area contributed by atoms with Crippen molar-refractivity contribution in [2.24, 2.45) is 5.92 Å². The van der Waals surface area contributed by atoms with Crippen molar-refractivity contribution in [3.05, 3.63) is 123 Å². The molecule has 0 saturated heterocycles. The lowest BCUT2D eigenvalue weighted by atomic mass is 9.90. The Morgan fingerprint density at radius 3 is 1.98 bits per heavy atom. The maximum absolute atomic E-state index is 14.8. The van der Waals surface area contributed by atoms with E-state index in [-0.39, 0.29) is 17.9 Å². The smallest absolute Gasteiger partial charge is 0.429 e. The van der Waals surface area contributed by atoms with Crippen LogP contribution in [0.3, 0.4) is 0 Å². The third-order valence-electron chi connectivity index (χ3n) is 6.98. The number of halogens is 11. The largest absolute Gasteiger partial charge is 0.429 e. The van der Waals surface area contributed by atoms with Crippen LogP contribution in [0, 0.1) is 52.9 Å². The van der Waals surface area contributed by atoms with Gasteiger partial charge in [-0.1, -0.05) is 49.9 Å². The summed E-state index contributed by atoms with van der Waals surface area (Å²) >= 11 is 0. The van der Waals surface area contributed by atoms with Crippen LogP contribution in [-0.4, -0.2) is 0 Å². The first-order chi connectivity index (χ1) is 22.1. The first-order valence-corrected chi connectivity index (χ1v) is 14.1. The van der Waals surface area contributed by atoms with Gasteiger partial charge in [-0.15, -0.1) is 0 Å². The number of benzene rings is 3. The van der Waals surface area contributed by atoms with E-state index in [1.54, 1.807) is 0 Å². The first-order valence-electron chi connectivity index (χ1n) is 14.1. The maximum atomic E-state index is 14.8. The Bertz CT molecular complexity index is 1820. The van der Waals surface area contributed by atoms with E-state index in [4.69, 9.17) is 0 Å². The number of hydrogen-bond acceptors (Lipinski definition) is 1. The van der Waals surface area contributed by atoms with Crippen LogP contribution >= 0.6 is 0 Å². The average Bonchev–Trinajstić information content (AvgIpc) is 2.95. The van der Waals surface area contributed by atoms with Crippen molar-refractivity contribution in [2.45, 2.75) is 51.3 Å². The average molecular weight is 669 g/mol. The number of hydrogen-bond donors (Lipinski definition) is 0. The highest BCUT2D eigenvalue weighted by atomic mass is 19.4. The van der Waals surface area contributed by atoms with E-state index in [0.29, 0.717) is 36.8 Å². The molecule has 0 aromatic heterocycles. The van der Waals surface area contributed by atoms with E-state index >= 15 is 0 Å². The topological polar surface area (TPSA) is 9.23 Å². The Morgan fingerprint density at radius 1 is 0.723 bits per heavy atom. The van der Waals surface area contributed by atoms with Gasteiger partial charge in [-0.2, -0.15) is 22.0 Å². The second-order valence-corrected chi connectivity index (χ2v) is 10.5. The van der Waals surface area contributed by atoms with Gasteiger partial charge in [0.15, 0.2) is 0 Å². The third-order valence-corrected chi connectivity index (χ3v) is 6.98. The molecule has 1 aliphatic carbocycles. The van der Waals surface area contributed by atoms with Gasteiger partial charge in [0, 0.05) is 23.6 Å². The van der Waals surface area contributed by atoms with Crippen LogP contribution < -0.4 is 4.74 Å². The molecule has 0 amide bonds. The molecule has 0 aliphatic heterocycles. The van der Waals surface area contributed by atoms with Gasteiger partial charge in [-0.25, -0.2) is 26.3 Å². The standard InChI is InChI=1S/C35H23F11O/c1-2-3-4-5-21-15-28(37)25(29(38)16-21)12-7-20-8-13-26(30(39)14-20)35(45,46)47-24-11-10-23(27(36)19-24)9-6-22-17-31(40)33(32(41)18-22)34(42,43)44/h8,10-11,13-15,17-19,21H,2-5,16H2,1H3. The molecule has 12 heteroatoms. The molecule has 0 saturated carbocycles. The second-order valence-electron chi connectivity index (χ2n) is 10.5. The van der Waals surface area contributed by atoms with Crippen LogP contribution in [0.4, 0.5) is 48.3 Å². The molecule has 0 bridgehead atoms. The lowest BCUT2D eigenvalue weighted by Gasteiger charge is -2.19. The number of rotatable bonds is 7. The van der Waals surface area contributed by atoms with E-state index in [2.05, 4.69) is 28.4 Å². The molecule has 1 unspecified atom stereocenters. The molecule has 1 nitrogen and oxygen atoms in total. The fourth-order valence-electron chi connectivity index (χ4n) is 4.66. The second kappa shape index (κ2) is 14.4. The van der Waals surface area contributed by atoms with Crippen molar-refractivity contribution in [2.75, 3.05) is 0 Å². The van der Waals surface area contributed by atoms with Crippen LogP contribution in [0.5, 0.6) is 5.75 Å². The van der Waals surface area contributed by atoms with Gasteiger partial charge in [-0.3, -0.25) is 0 Å². The van der Waals surface area contributed by atoms with Gasteiger partial charge in [-0.05, 0) is 60.9 Å². The SMILES string of the molecule is CCCCCC1C=C(F)C(C#Cc2ccc(C(F)(F)Oc3ccc(C#Cc4cc(F)c(C(F)(F)F)c(F)c4)c(F)c3)c(F)c2)=C(F)C1. The highest BCUT2D eigenvalue weighted by Gasteiger charge is 2.39. The Morgan fingerprint density at radius 2 is 1.38 bits per heavy atom. The van der Waals surface area contributed by atoms with E-state index < -0.39 is 80.8 Å². The summed E-state index contributed by atoms with van der Waals surface area (Å²) in [5, 5.41) is 0. The summed E-state index contributed by atoms with van der Waals surface area (Å²) in [6.07, 6.45) is -5.08. The van der Waals surface area contributed by atoms with Gasteiger partial charge in [0.25, 0.3) is 0 Å². The van der Waals surface area contributed by atoms with Crippen LogP contribution in [-0.2, 0) is 12.3 Å². The molecule has 246 valence electrons. The number of ether oxygens (including phenoxy) is 1. The summed E-state index contributed by atoms with van der Waals surface area (Å²) in [6, 6.07) is 4.96. The van der Waals surface area contributed by atoms with Crippen LogP contribution in [0.2, 0.25) is 0 Å². The maximum Gasteiger partial charge on any atom is 0.429 e. The molecular formula is C35H23F11O. The summed E-state index contributed by atoms with van der Waals surface area (Å²) in [6.45, 7) is 2.00. The fourth-order valence-corrected chi connectivity index (χ4v) is 4.66. The normalized spacial score (nSPS) is 15.0. The van der Waals surface area contributed by atoms with Crippen molar-refractivity contribution in [1.29, 1.82) is 0 Å². The molecule has 0 N–H and O–H groups in total. The monoisotopic (exact) mass is 668 g/mol. The first kappa shape index (κ1) is 35.1. The van der Waals surface area contributed by atoms with Crippen molar-refractivity contribution in [3.8, 4) is 29.4 Å². The summed E-state index contributed by atoms with van der Waals surface area (Å²) in [5.74, 6) is -0.458. The van der Waals surface area contributed by atoms with Gasteiger partial charge in [0.2, 0.25) is 0 Å². The van der Waals surface area contributed by atoms with E-state index in [9.17, 15) is 48.3 Å². The van der Waals surface area contributed by atoms with Crippen LogP contribution in [0.15, 0.2) is 71.8 Å². The Labute approximate surface area is 262 Å². The predicted octanol–water partition coefficient (Wildman–Crippen LogP) is 10.8. The Kier molecular flexibility index (Phi) is 10.7. The minimum atomic E-state index is -5.30.